The van der Waals surface area contributed by atoms with Gasteiger partial charge in [0.25, 0.3) is 10.0 Å². The lowest BCUT2D eigenvalue weighted by Gasteiger charge is -2.26. The molecule has 0 fully saturated rings. The molecule has 3 aromatic rings. The number of hydrogen-bond acceptors (Lipinski definition) is 7. The van der Waals surface area contributed by atoms with Gasteiger partial charge < -0.3 is 14.2 Å². The molecule has 1 aromatic heterocycles. The van der Waals surface area contributed by atoms with E-state index in [0.717, 1.165) is 0 Å². The van der Waals surface area contributed by atoms with Gasteiger partial charge in [0.2, 0.25) is 0 Å². The summed E-state index contributed by atoms with van der Waals surface area (Å²) in [5, 5.41) is 4.19. The van der Waals surface area contributed by atoms with Crippen molar-refractivity contribution in [1.82, 2.24) is 9.78 Å². The van der Waals surface area contributed by atoms with Gasteiger partial charge in [-0.1, -0.05) is 12.1 Å². The summed E-state index contributed by atoms with van der Waals surface area (Å²) < 4.78 is 45.4. The molecule has 0 bridgehead atoms. The molecule has 30 heavy (non-hydrogen) atoms. The number of nitrogens with one attached hydrogen (secondary N) is 1. The summed E-state index contributed by atoms with van der Waals surface area (Å²) in [5.41, 5.74) is 0.574. The Labute approximate surface area is 173 Å². The number of anilines is 1. The molecule has 0 spiro atoms. The first-order valence-electron chi connectivity index (χ1n) is 9.07. The quantitative estimate of drug-likeness (QED) is 0.599. The lowest BCUT2D eigenvalue weighted by molar-refractivity contribution is 0.0600. The third-order valence-corrected chi connectivity index (χ3v) is 5.83. The molecule has 4 rings (SSSR count). The number of aromatic nitrogens is 2. The molecule has 0 saturated heterocycles. The Morgan fingerprint density at radius 1 is 1.20 bits per heavy atom. The predicted molar refractivity (Wildman–Crippen MR) is 107 cm³/mol. The Kier molecular flexibility index (Phi) is 5.32. The molecule has 9 nitrogen and oxygen atoms in total. The molecule has 0 saturated carbocycles. The minimum atomic E-state index is -3.83. The third-order valence-electron chi connectivity index (χ3n) is 4.43. The first-order valence-corrected chi connectivity index (χ1v) is 10.5. The SMILES string of the molecule is COC(=O)c1ccc(S(=O)(=O)Nc2cnn(C[C@@H]3COc4ccccc4O3)c2)cc1. The van der Waals surface area contributed by atoms with Crippen molar-refractivity contribution in [1.29, 1.82) is 0 Å². The van der Waals surface area contributed by atoms with Crippen LogP contribution in [0, 0.1) is 0 Å². The smallest absolute Gasteiger partial charge is 0.337 e. The highest BCUT2D eigenvalue weighted by atomic mass is 32.2. The van der Waals surface area contributed by atoms with E-state index in [9.17, 15) is 13.2 Å². The highest BCUT2D eigenvalue weighted by Crippen LogP contribution is 2.31. The van der Waals surface area contributed by atoms with Gasteiger partial charge in [-0.2, -0.15) is 5.10 Å². The van der Waals surface area contributed by atoms with Crippen molar-refractivity contribution in [3.05, 3.63) is 66.5 Å². The fourth-order valence-electron chi connectivity index (χ4n) is 2.98. The van der Waals surface area contributed by atoms with E-state index in [2.05, 4.69) is 14.6 Å². The minimum Gasteiger partial charge on any atom is -0.486 e. The van der Waals surface area contributed by atoms with Crippen molar-refractivity contribution in [3.63, 3.8) is 0 Å². The highest BCUT2D eigenvalue weighted by molar-refractivity contribution is 7.92. The number of esters is 1. The number of para-hydroxylation sites is 2. The van der Waals surface area contributed by atoms with Gasteiger partial charge in [0.05, 0.1) is 36.0 Å². The summed E-state index contributed by atoms with van der Waals surface area (Å²) in [6.07, 6.45) is 2.73. The number of benzene rings is 2. The highest BCUT2D eigenvalue weighted by Gasteiger charge is 2.22. The molecule has 10 heteroatoms. The van der Waals surface area contributed by atoms with Gasteiger partial charge in [-0.15, -0.1) is 0 Å². The second-order valence-corrected chi connectivity index (χ2v) is 8.25. The number of hydrogen-bond donors (Lipinski definition) is 1. The zero-order valence-electron chi connectivity index (χ0n) is 16.0. The Morgan fingerprint density at radius 2 is 1.93 bits per heavy atom. The molecule has 0 amide bonds. The van der Waals surface area contributed by atoms with Gasteiger partial charge in [-0.3, -0.25) is 9.40 Å². The zero-order valence-corrected chi connectivity index (χ0v) is 16.8. The Hall–Kier alpha value is -3.53. The van der Waals surface area contributed by atoms with Crippen molar-refractivity contribution in [2.75, 3.05) is 18.4 Å². The van der Waals surface area contributed by atoms with Gasteiger partial charge in [0.15, 0.2) is 17.6 Å². The normalized spacial score (nSPS) is 15.4. The first kappa shape index (κ1) is 19.8. The van der Waals surface area contributed by atoms with Crippen LogP contribution in [0.4, 0.5) is 5.69 Å². The van der Waals surface area contributed by atoms with E-state index in [4.69, 9.17) is 9.47 Å². The number of ether oxygens (including phenoxy) is 3. The molecule has 1 aliphatic rings. The molecule has 0 unspecified atom stereocenters. The van der Waals surface area contributed by atoms with Crippen LogP contribution in [0.15, 0.2) is 65.8 Å². The summed E-state index contributed by atoms with van der Waals surface area (Å²) in [5.74, 6) is 0.822. The summed E-state index contributed by atoms with van der Waals surface area (Å²) in [6, 6.07) is 12.9. The standard InChI is InChI=1S/C20H19N3O6S/c1-27-20(24)14-6-8-17(9-7-14)30(25,26)22-15-10-21-23(11-15)12-16-13-28-18-4-2-3-5-19(18)29-16/h2-11,16,22H,12-13H2,1H3/t16-/m1/s1. The van der Waals surface area contributed by atoms with Crippen LogP contribution in [0.25, 0.3) is 0 Å². The van der Waals surface area contributed by atoms with Crippen LogP contribution in [0.5, 0.6) is 11.5 Å². The molecule has 1 aliphatic heterocycles. The Bertz CT molecular complexity index is 1160. The van der Waals surface area contributed by atoms with Crippen LogP contribution in [0.1, 0.15) is 10.4 Å². The van der Waals surface area contributed by atoms with Gasteiger partial charge in [-0.25, -0.2) is 13.2 Å². The molecule has 156 valence electrons. The molecular formula is C20H19N3O6S. The van der Waals surface area contributed by atoms with Crippen molar-refractivity contribution >= 4 is 21.7 Å². The average Bonchev–Trinajstić information content (AvgIpc) is 3.19. The van der Waals surface area contributed by atoms with E-state index in [1.54, 1.807) is 10.9 Å². The van der Waals surface area contributed by atoms with Gasteiger partial charge >= 0.3 is 5.97 Å². The molecule has 0 aliphatic carbocycles. The monoisotopic (exact) mass is 429 g/mol. The van der Waals surface area contributed by atoms with Crippen molar-refractivity contribution in [3.8, 4) is 11.5 Å². The molecule has 1 atom stereocenters. The average molecular weight is 429 g/mol. The number of carbonyl (C=O) groups excluding carboxylic acids is 1. The van der Waals surface area contributed by atoms with Crippen LogP contribution < -0.4 is 14.2 Å². The summed E-state index contributed by atoms with van der Waals surface area (Å²) in [7, 11) is -2.57. The van der Waals surface area contributed by atoms with Crippen molar-refractivity contribution in [2.45, 2.75) is 17.5 Å². The maximum Gasteiger partial charge on any atom is 0.337 e. The number of methoxy groups -OCH3 is 1. The number of nitrogens with zero attached hydrogens (tertiary/aromatic N) is 2. The summed E-state index contributed by atoms with van der Waals surface area (Å²) >= 11 is 0. The Balaban J connectivity index is 1.41. The van der Waals surface area contributed by atoms with E-state index in [0.29, 0.717) is 30.3 Å². The summed E-state index contributed by atoms with van der Waals surface area (Å²) in [4.78, 5) is 11.5. The van der Waals surface area contributed by atoms with E-state index in [1.165, 1.54) is 37.6 Å². The number of fused-ring (bicyclic) bond motifs is 1. The van der Waals surface area contributed by atoms with E-state index in [1.807, 2.05) is 24.3 Å². The maximum atomic E-state index is 12.6. The topological polar surface area (TPSA) is 109 Å². The Morgan fingerprint density at radius 3 is 2.67 bits per heavy atom. The lowest BCUT2D eigenvalue weighted by Crippen LogP contribution is -2.33. The summed E-state index contributed by atoms with van der Waals surface area (Å²) in [6.45, 7) is 0.758. The number of rotatable bonds is 6. The molecule has 2 aromatic carbocycles. The van der Waals surface area contributed by atoms with Crippen LogP contribution >= 0.6 is 0 Å². The van der Waals surface area contributed by atoms with E-state index < -0.39 is 16.0 Å². The second kappa shape index (κ2) is 8.07. The molecular weight excluding hydrogens is 410 g/mol. The van der Waals surface area contributed by atoms with Crippen LogP contribution in [-0.4, -0.2) is 44.0 Å². The minimum absolute atomic E-state index is 0.0172. The third kappa shape index (κ3) is 4.23. The van der Waals surface area contributed by atoms with E-state index >= 15 is 0 Å². The van der Waals surface area contributed by atoms with Gasteiger partial charge in [-0.05, 0) is 36.4 Å². The number of carbonyl (C=O) groups is 1. The van der Waals surface area contributed by atoms with E-state index in [-0.39, 0.29) is 16.6 Å². The fraction of sp³-hybridized carbons (Fsp3) is 0.200. The van der Waals surface area contributed by atoms with Gasteiger partial charge in [0, 0.05) is 6.20 Å². The maximum absolute atomic E-state index is 12.6. The molecule has 1 N–H and O–H groups in total. The molecule has 2 heterocycles. The zero-order chi connectivity index (χ0) is 21.1. The van der Waals surface area contributed by atoms with Crippen LogP contribution in [-0.2, 0) is 21.3 Å². The van der Waals surface area contributed by atoms with Gasteiger partial charge in [0.1, 0.15) is 6.61 Å². The largest absolute Gasteiger partial charge is 0.486 e. The number of sulfonamides is 1. The molecule has 0 radical (unpaired) electrons. The van der Waals surface area contributed by atoms with Crippen molar-refractivity contribution in [2.24, 2.45) is 0 Å². The predicted octanol–water partition coefficient (Wildman–Crippen LogP) is 2.31. The van der Waals surface area contributed by atoms with Crippen LogP contribution in [0.3, 0.4) is 0 Å². The van der Waals surface area contributed by atoms with Crippen molar-refractivity contribution < 1.29 is 27.4 Å². The van der Waals surface area contributed by atoms with Crippen LogP contribution in [0.2, 0.25) is 0 Å². The first-order chi connectivity index (χ1) is 14.4. The fourth-order valence-corrected chi connectivity index (χ4v) is 4.01. The lowest BCUT2D eigenvalue weighted by atomic mass is 10.2. The second-order valence-electron chi connectivity index (χ2n) is 6.57.